The zero-order chi connectivity index (χ0) is 12.6. The van der Waals surface area contributed by atoms with Crippen LogP contribution in [0.15, 0.2) is 0 Å². The smallest absolute Gasteiger partial charge is 0.307 e. The lowest BCUT2D eigenvalue weighted by Crippen LogP contribution is -2.62. The summed E-state index contributed by atoms with van der Waals surface area (Å²) in [6, 6.07) is -0.0760. The van der Waals surface area contributed by atoms with Crippen LogP contribution in [0.1, 0.15) is 40.5 Å². The van der Waals surface area contributed by atoms with Crippen LogP contribution in [0.5, 0.6) is 0 Å². The van der Waals surface area contributed by atoms with E-state index in [1.807, 2.05) is 27.7 Å². The molecule has 0 aromatic heterocycles. The van der Waals surface area contributed by atoms with E-state index in [2.05, 4.69) is 10.6 Å². The normalized spacial score (nSPS) is 25.7. The van der Waals surface area contributed by atoms with Gasteiger partial charge in [-0.15, -0.1) is 0 Å². The van der Waals surface area contributed by atoms with E-state index >= 15 is 0 Å². The number of piperidine rings is 1. The van der Waals surface area contributed by atoms with Gasteiger partial charge in [-0.1, -0.05) is 0 Å². The predicted octanol–water partition coefficient (Wildman–Crippen LogP) is 2.45. The minimum absolute atomic E-state index is 0.0760. The molecule has 0 aromatic rings. The first kappa shape index (κ1) is 13.8. The second kappa shape index (κ2) is 4.18. The van der Waals surface area contributed by atoms with Crippen molar-refractivity contribution in [1.82, 2.24) is 10.6 Å². The molecule has 2 nitrogen and oxygen atoms in total. The maximum Gasteiger partial charge on any atom is 0.401 e. The fourth-order valence-electron chi connectivity index (χ4n) is 2.73. The second-order valence-corrected chi connectivity index (χ2v) is 5.99. The van der Waals surface area contributed by atoms with Crippen LogP contribution < -0.4 is 10.6 Å². The van der Waals surface area contributed by atoms with Crippen molar-refractivity contribution in [1.29, 1.82) is 0 Å². The van der Waals surface area contributed by atoms with Crippen LogP contribution in [-0.4, -0.2) is 29.8 Å². The molecule has 0 radical (unpaired) electrons. The van der Waals surface area contributed by atoms with E-state index in [0.717, 1.165) is 0 Å². The van der Waals surface area contributed by atoms with Gasteiger partial charge in [0.05, 0.1) is 6.54 Å². The van der Waals surface area contributed by atoms with Crippen LogP contribution in [0.25, 0.3) is 0 Å². The summed E-state index contributed by atoms with van der Waals surface area (Å²) in [4.78, 5) is 0. The molecule has 0 bridgehead atoms. The van der Waals surface area contributed by atoms with Crippen molar-refractivity contribution in [2.24, 2.45) is 0 Å². The Morgan fingerprint density at radius 1 is 1.12 bits per heavy atom. The molecule has 0 spiro atoms. The van der Waals surface area contributed by atoms with E-state index in [1.165, 1.54) is 0 Å². The van der Waals surface area contributed by atoms with Crippen molar-refractivity contribution >= 4 is 0 Å². The summed E-state index contributed by atoms with van der Waals surface area (Å²) < 4.78 is 36.4. The minimum atomic E-state index is -4.13. The quantitative estimate of drug-likeness (QED) is 0.772. The average molecular weight is 238 g/mol. The van der Waals surface area contributed by atoms with E-state index < -0.39 is 12.7 Å². The largest absolute Gasteiger partial charge is 0.401 e. The second-order valence-electron chi connectivity index (χ2n) is 5.99. The Morgan fingerprint density at radius 2 is 1.56 bits per heavy atom. The number of nitrogens with one attached hydrogen (secondary N) is 2. The van der Waals surface area contributed by atoms with Crippen molar-refractivity contribution < 1.29 is 13.2 Å². The highest BCUT2D eigenvalue weighted by atomic mass is 19.4. The molecule has 16 heavy (non-hydrogen) atoms. The molecule has 1 aliphatic heterocycles. The molecule has 1 fully saturated rings. The van der Waals surface area contributed by atoms with E-state index in [1.54, 1.807) is 0 Å². The Morgan fingerprint density at radius 3 is 1.94 bits per heavy atom. The van der Waals surface area contributed by atoms with Gasteiger partial charge in [-0.3, -0.25) is 0 Å². The molecule has 1 saturated heterocycles. The van der Waals surface area contributed by atoms with Crippen molar-refractivity contribution in [2.75, 3.05) is 6.54 Å². The third-order valence-electron chi connectivity index (χ3n) is 2.78. The third kappa shape index (κ3) is 4.70. The highest BCUT2D eigenvalue weighted by Crippen LogP contribution is 2.28. The lowest BCUT2D eigenvalue weighted by Gasteiger charge is -2.46. The van der Waals surface area contributed by atoms with Gasteiger partial charge in [0.1, 0.15) is 0 Å². The lowest BCUT2D eigenvalue weighted by atomic mass is 9.79. The van der Waals surface area contributed by atoms with Crippen LogP contribution in [0.2, 0.25) is 0 Å². The van der Waals surface area contributed by atoms with Crippen LogP contribution in [0.3, 0.4) is 0 Å². The van der Waals surface area contributed by atoms with Crippen LogP contribution >= 0.6 is 0 Å². The van der Waals surface area contributed by atoms with Gasteiger partial charge >= 0.3 is 6.18 Å². The molecule has 0 saturated carbocycles. The first-order chi connectivity index (χ1) is 6.99. The zero-order valence-electron chi connectivity index (χ0n) is 10.3. The van der Waals surface area contributed by atoms with Gasteiger partial charge in [0.2, 0.25) is 0 Å². The number of rotatable bonds is 2. The molecule has 96 valence electrons. The Bertz CT molecular complexity index is 230. The zero-order valence-corrected chi connectivity index (χ0v) is 10.3. The standard InChI is InChI=1S/C11H21F3N2/c1-9(2)5-8(6-10(3,4)16-9)15-7-11(12,13)14/h8,15-16H,5-7H2,1-4H3. The van der Waals surface area contributed by atoms with Gasteiger partial charge < -0.3 is 10.6 Å². The fourth-order valence-corrected chi connectivity index (χ4v) is 2.73. The van der Waals surface area contributed by atoms with Crippen molar-refractivity contribution in [3.63, 3.8) is 0 Å². The maximum atomic E-state index is 12.1. The number of alkyl halides is 3. The molecular formula is C11H21F3N2. The fraction of sp³-hybridized carbons (Fsp3) is 1.00. The van der Waals surface area contributed by atoms with Crippen LogP contribution in [-0.2, 0) is 0 Å². The molecule has 0 amide bonds. The third-order valence-corrected chi connectivity index (χ3v) is 2.78. The van der Waals surface area contributed by atoms with Gasteiger partial charge in [-0.25, -0.2) is 0 Å². The minimum Gasteiger partial charge on any atom is -0.307 e. The first-order valence-electron chi connectivity index (χ1n) is 5.59. The van der Waals surface area contributed by atoms with Crippen molar-refractivity contribution in [3.8, 4) is 0 Å². The molecule has 5 heteroatoms. The Labute approximate surface area is 95.0 Å². The first-order valence-corrected chi connectivity index (χ1v) is 5.59. The molecule has 0 aromatic carbocycles. The summed E-state index contributed by atoms with van der Waals surface area (Å²) >= 11 is 0. The Hall–Kier alpha value is -0.290. The Balaban J connectivity index is 2.55. The number of hydrogen-bond donors (Lipinski definition) is 2. The predicted molar refractivity (Wildman–Crippen MR) is 58.4 cm³/mol. The van der Waals surface area contributed by atoms with Crippen LogP contribution in [0.4, 0.5) is 13.2 Å². The monoisotopic (exact) mass is 238 g/mol. The van der Waals surface area contributed by atoms with Crippen molar-refractivity contribution in [3.05, 3.63) is 0 Å². The average Bonchev–Trinajstić information content (AvgIpc) is 1.93. The van der Waals surface area contributed by atoms with Crippen LogP contribution in [0, 0.1) is 0 Å². The van der Waals surface area contributed by atoms with Gasteiger partial charge in [0, 0.05) is 17.1 Å². The summed E-state index contributed by atoms with van der Waals surface area (Å²) in [5, 5.41) is 6.05. The maximum absolute atomic E-state index is 12.1. The van der Waals surface area contributed by atoms with E-state index in [4.69, 9.17) is 0 Å². The highest BCUT2D eigenvalue weighted by molar-refractivity contribution is 4.99. The highest BCUT2D eigenvalue weighted by Gasteiger charge is 2.38. The molecule has 1 heterocycles. The SMILES string of the molecule is CC1(C)CC(NCC(F)(F)F)CC(C)(C)N1. The topological polar surface area (TPSA) is 24.1 Å². The summed E-state index contributed by atoms with van der Waals surface area (Å²) in [6.45, 7) is 7.20. The van der Waals surface area contributed by atoms with E-state index in [0.29, 0.717) is 12.8 Å². The summed E-state index contributed by atoms with van der Waals surface area (Å²) in [5.74, 6) is 0. The molecular weight excluding hydrogens is 217 g/mol. The van der Waals surface area contributed by atoms with Gasteiger partial charge in [0.25, 0.3) is 0 Å². The number of hydrogen-bond acceptors (Lipinski definition) is 2. The number of halogens is 3. The molecule has 0 unspecified atom stereocenters. The van der Waals surface area contributed by atoms with E-state index in [-0.39, 0.29) is 17.1 Å². The molecule has 0 aliphatic carbocycles. The lowest BCUT2D eigenvalue weighted by molar-refractivity contribution is -0.127. The molecule has 1 rings (SSSR count). The van der Waals surface area contributed by atoms with Gasteiger partial charge in [-0.05, 0) is 40.5 Å². The summed E-state index contributed by atoms with van der Waals surface area (Å²) in [6.07, 6.45) is -2.70. The molecule has 2 N–H and O–H groups in total. The van der Waals surface area contributed by atoms with Crippen molar-refractivity contribution in [2.45, 2.75) is 63.8 Å². The molecule has 1 aliphatic rings. The van der Waals surface area contributed by atoms with E-state index in [9.17, 15) is 13.2 Å². The van der Waals surface area contributed by atoms with Gasteiger partial charge in [0.15, 0.2) is 0 Å². The Kier molecular flexibility index (Phi) is 3.60. The molecule has 0 atom stereocenters. The van der Waals surface area contributed by atoms with Gasteiger partial charge in [-0.2, -0.15) is 13.2 Å². The summed E-state index contributed by atoms with van der Waals surface area (Å²) in [7, 11) is 0. The summed E-state index contributed by atoms with van der Waals surface area (Å²) in [5.41, 5.74) is -0.240.